The fraction of sp³-hybridized carbons (Fsp3) is 0.529. The summed E-state index contributed by atoms with van der Waals surface area (Å²) in [4.78, 5) is 1.54. The van der Waals surface area contributed by atoms with E-state index in [0.717, 1.165) is 10.6 Å². The number of hydrogen-bond donors (Lipinski definition) is 1. The monoisotopic (exact) mass is 408 g/mol. The smallest absolute Gasteiger partial charge is 0.378 e. The average Bonchev–Trinajstić information content (AvgIpc) is 3.03. The van der Waals surface area contributed by atoms with Crippen LogP contribution in [0.1, 0.15) is 30.6 Å². The molecule has 1 aliphatic heterocycles. The van der Waals surface area contributed by atoms with Crippen molar-refractivity contribution in [2.24, 2.45) is 5.92 Å². The van der Waals surface area contributed by atoms with Crippen LogP contribution in [-0.4, -0.2) is 37.5 Å². The molecule has 0 aliphatic carbocycles. The van der Waals surface area contributed by atoms with E-state index in [4.69, 9.17) is 0 Å². The van der Waals surface area contributed by atoms with Crippen LogP contribution in [0.25, 0.3) is 0 Å². The van der Waals surface area contributed by atoms with Crippen molar-refractivity contribution in [1.82, 2.24) is 19.7 Å². The Morgan fingerprint density at radius 1 is 1.07 bits per heavy atom. The molecule has 1 aromatic heterocycles. The molecule has 0 saturated heterocycles. The third-order valence-electron chi connectivity index (χ3n) is 4.73. The molecule has 0 fully saturated rings. The number of hydrogen-bond acceptors (Lipinski definition) is 4. The summed E-state index contributed by atoms with van der Waals surface area (Å²) in [6.45, 7) is 1.82. The van der Waals surface area contributed by atoms with Crippen LogP contribution in [0.3, 0.4) is 0 Å². The van der Waals surface area contributed by atoms with Crippen LogP contribution in [-0.2, 0) is 25.7 Å². The number of benzene rings is 1. The molecule has 2 heterocycles. The van der Waals surface area contributed by atoms with E-state index in [0.29, 0.717) is 6.07 Å². The van der Waals surface area contributed by atoms with Gasteiger partial charge in [0.25, 0.3) is 0 Å². The Balaban J connectivity index is 1.62. The first-order valence-electron chi connectivity index (χ1n) is 8.61. The topological polar surface area (TPSA) is 54.2 Å². The van der Waals surface area contributed by atoms with Gasteiger partial charge < -0.3 is 9.67 Å². The van der Waals surface area contributed by atoms with Gasteiger partial charge in [-0.3, -0.25) is 4.90 Å². The quantitative estimate of drug-likeness (QED) is 0.610. The maximum Gasteiger partial charge on any atom is 0.451 e. The van der Waals surface area contributed by atoms with Crippen LogP contribution in [0.2, 0.25) is 0 Å². The second-order valence-corrected chi connectivity index (χ2v) is 6.94. The number of nitrogens with zero attached hydrogens (tertiary/aromatic N) is 4. The zero-order valence-electron chi connectivity index (χ0n) is 14.8. The van der Waals surface area contributed by atoms with Crippen LogP contribution in [0.15, 0.2) is 12.1 Å². The molecule has 1 aromatic carbocycles. The van der Waals surface area contributed by atoms with Crippen molar-refractivity contribution in [2.75, 3.05) is 6.54 Å². The summed E-state index contributed by atoms with van der Waals surface area (Å²) < 4.78 is 79.6. The van der Waals surface area contributed by atoms with Crippen molar-refractivity contribution in [2.45, 2.75) is 45.3 Å². The van der Waals surface area contributed by atoms with Crippen molar-refractivity contribution >= 4 is 0 Å². The minimum Gasteiger partial charge on any atom is -0.378 e. The van der Waals surface area contributed by atoms with Gasteiger partial charge in [0.1, 0.15) is 17.9 Å². The van der Waals surface area contributed by atoms with Crippen molar-refractivity contribution in [3.05, 3.63) is 46.8 Å². The zero-order chi connectivity index (χ0) is 20.6. The third kappa shape index (κ3) is 4.30. The lowest BCUT2D eigenvalue weighted by atomic mass is 9.96. The predicted molar refractivity (Wildman–Crippen MR) is 85.2 cm³/mol. The molecule has 28 heavy (non-hydrogen) atoms. The normalized spacial score (nSPS) is 17.4. The van der Waals surface area contributed by atoms with Crippen molar-refractivity contribution in [1.29, 1.82) is 0 Å². The summed E-state index contributed by atoms with van der Waals surface area (Å²) in [6, 6.07) is 1.26. The van der Waals surface area contributed by atoms with Crippen LogP contribution >= 0.6 is 0 Å². The van der Waals surface area contributed by atoms with Crippen molar-refractivity contribution in [3.63, 3.8) is 0 Å². The number of fused-ring (bicyclic) bond motifs is 1. The average molecular weight is 408 g/mol. The molecule has 2 aromatic rings. The van der Waals surface area contributed by atoms with E-state index in [2.05, 4.69) is 10.2 Å². The second-order valence-electron chi connectivity index (χ2n) is 6.94. The van der Waals surface area contributed by atoms with Crippen LogP contribution in [0.4, 0.5) is 26.3 Å². The lowest BCUT2D eigenvalue weighted by Crippen LogP contribution is -2.42. The number of aliphatic hydroxyl groups is 1. The van der Waals surface area contributed by atoms with Gasteiger partial charge in [-0.15, -0.1) is 10.2 Å². The maximum absolute atomic E-state index is 13.8. The van der Waals surface area contributed by atoms with E-state index in [-0.39, 0.29) is 49.8 Å². The van der Waals surface area contributed by atoms with Gasteiger partial charge in [-0.2, -0.15) is 13.2 Å². The first-order chi connectivity index (χ1) is 13.1. The molecule has 0 saturated carbocycles. The lowest BCUT2D eigenvalue weighted by Gasteiger charge is -2.33. The Bertz CT molecular complexity index is 853. The van der Waals surface area contributed by atoms with Gasteiger partial charge >= 0.3 is 6.18 Å². The summed E-state index contributed by atoms with van der Waals surface area (Å²) in [7, 11) is 0. The fourth-order valence-electron chi connectivity index (χ4n) is 3.33. The molecule has 5 nitrogen and oxygen atoms in total. The number of aliphatic hydroxyl groups excluding tert-OH is 1. The number of aromatic nitrogens is 3. The standard InChI is InChI=1S/C17H18F6N4O/c1-9(4-10-6-12(19)13(20)7-11(10)18)5-15(28)26-2-3-27-14(8-26)24-25-16(27)17(21,22)23/h6-7,9,15,28H,2-5,8H2,1H3. The Labute approximate surface area is 156 Å². The van der Waals surface area contributed by atoms with E-state index < -0.39 is 35.7 Å². The van der Waals surface area contributed by atoms with Crippen molar-refractivity contribution in [3.8, 4) is 0 Å². The Morgan fingerprint density at radius 3 is 2.43 bits per heavy atom. The Morgan fingerprint density at radius 2 is 1.75 bits per heavy atom. The molecule has 11 heteroatoms. The highest BCUT2D eigenvalue weighted by molar-refractivity contribution is 5.20. The van der Waals surface area contributed by atoms with Gasteiger partial charge in [0.05, 0.1) is 6.54 Å². The Kier molecular flexibility index (Phi) is 5.67. The maximum atomic E-state index is 13.8. The molecule has 1 aliphatic rings. The van der Waals surface area contributed by atoms with E-state index in [9.17, 15) is 31.4 Å². The largest absolute Gasteiger partial charge is 0.451 e. The molecule has 3 rings (SSSR count). The van der Waals surface area contributed by atoms with E-state index in [1.807, 2.05) is 0 Å². The molecule has 0 amide bonds. The second kappa shape index (κ2) is 7.70. The van der Waals surface area contributed by atoms with Gasteiger partial charge in [0.15, 0.2) is 11.6 Å². The molecular formula is C17H18F6N4O. The minimum atomic E-state index is -4.60. The summed E-state index contributed by atoms with van der Waals surface area (Å²) in [5.41, 5.74) is -0.00759. The van der Waals surface area contributed by atoms with Gasteiger partial charge in [0.2, 0.25) is 5.82 Å². The zero-order valence-corrected chi connectivity index (χ0v) is 14.8. The third-order valence-corrected chi connectivity index (χ3v) is 4.73. The lowest BCUT2D eigenvalue weighted by molar-refractivity contribution is -0.148. The molecule has 0 radical (unpaired) electrons. The van der Waals surface area contributed by atoms with E-state index >= 15 is 0 Å². The molecule has 154 valence electrons. The van der Waals surface area contributed by atoms with Gasteiger partial charge in [-0.05, 0) is 30.4 Å². The van der Waals surface area contributed by atoms with Gasteiger partial charge in [-0.25, -0.2) is 13.2 Å². The molecular weight excluding hydrogens is 390 g/mol. The molecule has 0 spiro atoms. The number of rotatable bonds is 5. The summed E-state index contributed by atoms with van der Waals surface area (Å²) in [6.07, 6.45) is -5.38. The first-order valence-corrected chi connectivity index (χ1v) is 8.61. The van der Waals surface area contributed by atoms with Crippen molar-refractivity contribution < 1.29 is 31.4 Å². The highest BCUT2D eigenvalue weighted by Gasteiger charge is 2.40. The minimum absolute atomic E-state index is 0.00759. The molecule has 1 N–H and O–H groups in total. The van der Waals surface area contributed by atoms with Crippen LogP contribution in [0, 0.1) is 23.4 Å². The number of alkyl halides is 3. The molecule has 2 unspecified atom stereocenters. The molecule has 0 bridgehead atoms. The van der Waals surface area contributed by atoms with E-state index in [1.165, 1.54) is 0 Å². The van der Waals surface area contributed by atoms with E-state index in [1.54, 1.807) is 11.8 Å². The highest BCUT2D eigenvalue weighted by Crippen LogP contribution is 2.30. The number of halogens is 6. The highest BCUT2D eigenvalue weighted by atomic mass is 19.4. The molecule has 2 atom stereocenters. The van der Waals surface area contributed by atoms with Gasteiger partial charge in [0, 0.05) is 19.2 Å². The van der Waals surface area contributed by atoms with Gasteiger partial charge in [-0.1, -0.05) is 6.92 Å². The van der Waals surface area contributed by atoms with Crippen LogP contribution < -0.4 is 0 Å². The summed E-state index contributed by atoms with van der Waals surface area (Å²) in [5, 5.41) is 17.1. The predicted octanol–water partition coefficient (Wildman–Crippen LogP) is 3.12. The fourth-order valence-corrected chi connectivity index (χ4v) is 3.33. The first kappa shape index (κ1) is 20.6. The summed E-state index contributed by atoms with van der Waals surface area (Å²) in [5.74, 6) is -4.56. The van der Waals surface area contributed by atoms with Crippen LogP contribution in [0.5, 0.6) is 0 Å². The summed E-state index contributed by atoms with van der Waals surface area (Å²) >= 11 is 0. The Hall–Kier alpha value is -2.14. The SMILES string of the molecule is CC(Cc1cc(F)c(F)cc1F)CC(O)N1CCn2c(nnc2C(F)(F)F)C1.